The molecule has 1 saturated heterocycles. The van der Waals surface area contributed by atoms with Gasteiger partial charge in [-0.15, -0.1) is 0 Å². The molecule has 5 rings (SSSR count). The Hall–Kier alpha value is -3.90. The summed E-state index contributed by atoms with van der Waals surface area (Å²) in [5, 5.41) is 9.74. The van der Waals surface area contributed by atoms with Crippen molar-refractivity contribution in [3.8, 4) is 22.7 Å². The second-order valence-corrected chi connectivity index (χ2v) is 11.0. The number of sulfonamides is 1. The van der Waals surface area contributed by atoms with Crippen LogP contribution in [0.15, 0.2) is 83.8 Å². The third-order valence-corrected chi connectivity index (χ3v) is 7.86. The molecule has 0 spiro atoms. The number of hydrogen-bond acceptors (Lipinski definition) is 7. The predicted octanol–water partition coefficient (Wildman–Crippen LogP) is 4.24. The number of carbonyl (C=O) groups is 1. The van der Waals surface area contributed by atoms with Crippen LogP contribution in [0.5, 0.6) is 5.75 Å². The smallest absolute Gasteiger partial charge is 0.238 e. The summed E-state index contributed by atoms with van der Waals surface area (Å²) >= 11 is 0. The quantitative estimate of drug-likeness (QED) is 0.301. The molecule has 1 aliphatic heterocycles. The molecule has 2 heterocycles. The molecule has 1 fully saturated rings. The zero-order valence-electron chi connectivity index (χ0n) is 21.7. The summed E-state index contributed by atoms with van der Waals surface area (Å²) in [5.41, 5.74) is 1.95. The Bertz CT molecular complexity index is 1620. The van der Waals surface area contributed by atoms with Gasteiger partial charge in [0.25, 0.3) is 0 Å². The van der Waals surface area contributed by atoms with Crippen LogP contribution in [0, 0.1) is 5.82 Å². The highest BCUT2D eigenvalue weighted by Crippen LogP contribution is 2.37. The van der Waals surface area contributed by atoms with Crippen molar-refractivity contribution in [2.45, 2.75) is 23.3 Å². The molecule has 0 unspecified atom stereocenters. The number of ketones is 1. The number of aromatic nitrogens is 2. The van der Waals surface area contributed by atoms with Crippen molar-refractivity contribution >= 4 is 15.8 Å². The summed E-state index contributed by atoms with van der Waals surface area (Å²) in [7, 11) is -2.27. The number of ether oxygens (including phenoxy) is 3. The molecule has 0 bridgehead atoms. The van der Waals surface area contributed by atoms with Gasteiger partial charge in [0.05, 0.1) is 21.9 Å². The average molecular weight is 566 g/mol. The first kappa shape index (κ1) is 27.7. The lowest BCUT2D eigenvalue weighted by Gasteiger charge is -2.36. The first-order valence-corrected chi connectivity index (χ1v) is 14.1. The van der Waals surface area contributed by atoms with E-state index in [0.29, 0.717) is 48.6 Å². The third-order valence-electron chi connectivity index (χ3n) is 6.93. The molecule has 9 nitrogen and oxygen atoms in total. The standard InChI is InChI=1S/C29H28FN3O6S/c1-37-29(11-13-38-14-12-29)21-15-22(30)17-24(16-21)39-19-28(34)26-18-27(33(32-26)23-5-3-2-4-6-23)20-7-9-25(10-8-20)40(31,35)36/h2-10,15-18H,11-14,19H2,1H3,(H2,31,35,36). The van der Waals surface area contributed by atoms with E-state index in [9.17, 15) is 17.6 Å². The molecule has 1 aliphatic rings. The minimum Gasteiger partial charge on any atom is -0.485 e. The highest BCUT2D eigenvalue weighted by molar-refractivity contribution is 7.89. The van der Waals surface area contributed by atoms with Crippen LogP contribution in [0.2, 0.25) is 0 Å². The molecule has 0 atom stereocenters. The van der Waals surface area contributed by atoms with E-state index in [4.69, 9.17) is 19.3 Å². The number of rotatable bonds is 9. The van der Waals surface area contributed by atoms with Gasteiger partial charge in [-0.05, 0) is 48.0 Å². The van der Waals surface area contributed by atoms with Gasteiger partial charge in [0.1, 0.15) is 17.3 Å². The van der Waals surface area contributed by atoms with Crippen molar-refractivity contribution in [1.82, 2.24) is 9.78 Å². The van der Waals surface area contributed by atoms with Crippen LogP contribution in [0.3, 0.4) is 0 Å². The van der Waals surface area contributed by atoms with Crippen LogP contribution in [0.1, 0.15) is 28.9 Å². The second kappa shape index (κ2) is 11.3. The van der Waals surface area contributed by atoms with E-state index in [0.717, 1.165) is 0 Å². The van der Waals surface area contributed by atoms with Crippen molar-refractivity contribution < 1.29 is 31.8 Å². The lowest BCUT2D eigenvalue weighted by atomic mass is 9.86. The molecular formula is C29H28FN3O6S. The van der Waals surface area contributed by atoms with Gasteiger partial charge >= 0.3 is 0 Å². The van der Waals surface area contributed by atoms with Crippen LogP contribution in [0.25, 0.3) is 16.9 Å². The maximum absolute atomic E-state index is 14.6. The van der Waals surface area contributed by atoms with Crippen molar-refractivity contribution in [3.05, 3.63) is 95.9 Å². The van der Waals surface area contributed by atoms with E-state index in [1.807, 2.05) is 30.3 Å². The Morgan fingerprint density at radius 3 is 2.40 bits per heavy atom. The Labute approximate surface area is 231 Å². The molecule has 0 radical (unpaired) electrons. The normalized spacial score (nSPS) is 15.1. The van der Waals surface area contributed by atoms with Crippen molar-refractivity contribution in [2.24, 2.45) is 5.14 Å². The Morgan fingerprint density at radius 1 is 1.05 bits per heavy atom. The van der Waals surface area contributed by atoms with Crippen LogP contribution in [-0.4, -0.2) is 50.9 Å². The van der Waals surface area contributed by atoms with Crippen molar-refractivity contribution in [2.75, 3.05) is 26.9 Å². The first-order valence-electron chi connectivity index (χ1n) is 12.6. The lowest BCUT2D eigenvalue weighted by Crippen LogP contribution is -2.35. The molecule has 4 aromatic rings. The van der Waals surface area contributed by atoms with Crippen LogP contribution in [-0.2, 0) is 25.1 Å². The summed E-state index contributed by atoms with van der Waals surface area (Å²) in [5.74, 6) is -0.718. The number of methoxy groups -OCH3 is 1. The molecule has 0 aliphatic carbocycles. The fourth-order valence-corrected chi connectivity index (χ4v) is 5.26. The zero-order valence-corrected chi connectivity index (χ0v) is 22.6. The molecular weight excluding hydrogens is 537 g/mol. The molecule has 40 heavy (non-hydrogen) atoms. The monoisotopic (exact) mass is 565 g/mol. The zero-order chi connectivity index (χ0) is 28.3. The summed E-state index contributed by atoms with van der Waals surface area (Å²) in [6.07, 6.45) is 1.15. The maximum atomic E-state index is 14.6. The fraction of sp³-hybridized carbons (Fsp3) is 0.241. The Morgan fingerprint density at radius 2 is 1.75 bits per heavy atom. The van der Waals surface area contributed by atoms with Crippen LogP contribution < -0.4 is 9.88 Å². The number of para-hydroxylation sites is 1. The van der Waals surface area contributed by atoms with Gasteiger partial charge < -0.3 is 14.2 Å². The lowest BCUT2D eigenvalue weighted by molar-refractivity contribution is -0.0950. The maximum Gasteiger partial charge on any atom is 0.238 e. The van der Waals surface area contributed by atoms with Gasteiger partial charge in [-0.1, -0.05) is 30.3 Å². The number of Topliss-reactive ketones (excluding diaryl/α,β-unsaturated/α-hetero) is 1. The van der Waals surface area contributed by atoms with Gasteiger partial charge in [-0.3, -0.25) is 4.79 Å². The van der Waals surface area contributed by atoms with E-state index in [1.54, 1.807) is 36.1 Å². The highest BCUT2D eigenvalue weighted by Gasteiger charge is 2.35. The largest absolute Gasteiger partial charge is 0.485 e. The molecule has 0 saturated carbocycles. The SMILES string of the molecule is COC1(c2cc(F)cc(OCC(=O)c3cc(-c4ccc(S(N)(=O)=O)cc4)n(-c4ccccc4)n3)c2)CCOCC1. The Balaban J connectivity index is 1.41. The van der Waals surface area contributed by atoms with Gasteiger partial charge in [0.2, 0.25) is 15.8 Å². The molecule has 208 valence electrons. The van der Waals surface area contributed by atoms with Crippen LogP contribution in [0.4, 0.5) is 4.39 Å². The van der Waals surface area contributed by atoms with Gasteiger partial charge in [0, 0.05) is 44.8 Å². The summed E-state index contributed by atoms with van der Waals surface area (Å²) in [6.45, 7) is 0.619. The number of carbonyl (C=O) groups excluding carboxylic acids is 1. The number of nitrogens with two attached hydrogens (primary N) is 1. The van der Waals surface area contributed by atoms with E-state index in [1.165, 1.54) is 24.3 Å². The molecule has 0 amide bonds. The van der Waals surface area contributed by atoms with E-state index in [-0.39, 0.29) is 22.9 Å². The van der Waals surface area contributed by atoms with Gasteiger partial charge in [-0.2, -0.15) is 5.10 Å². The van der Waals surface area contributed by atoms with E-state index >= 15 is 0 Å². The fourth-order valence-electron chi connectivity index (χ4n) is 4.75. The number of primary sulfonamides is 1. The Kier molecular flexibility index (Phi) is 7.81. The second-order valence-electron chi connectivity index (χ2n) is 9.43. The molecule has 3 aromatic carbocycles. The molecule has 11 heteroatoms. The number of benzene rings is 3. The molecule has 2 N–H and O–H groups in total. The average Bonchev–Trinajstić information content (AvgIpc) is 3.42. The van der Waals surface area contributed by atoms with Gasteiger partial charge in [0.15, 0.2) is 6.61 Å². The van der Waals surface area contributed by atoms with Crippen molar-refractivity contribution in [3.63, 3.8) is 0 Å². The minimum atomic E-state index is -3.86. The first-order chi connectivity index (χ1) is 19.2. The molecule has 1 aromatic heterocycles. The number of halogens is 1. The third kappa shape index (κ3) is 5.82. The minimum absolute atomic E-state index is 0.0304. The topological polar surface area (TPSA) is 123 Å². The summed E-state index contributed by atoms with van der Waals surface area (Å²) in [6, 6.07) is 21.1. The summed E-state index contributed by atoms with van der Waals surface area (Å²) in [4.78, 5) is 13.2. The van der Waals surface area contributed by atoms with Gasteiger partial charge in [-0.25, -0.2) is 22.6 Å². The van der Waals surface area contributed by atoms with E-state index in [2.05, 4.69) is 5.10 Å². The van der Waals surface area contributed by atoms with E-state index < -0.39 is 27.2 Å². The van der Waals surface area contributed by atoms with Crippen LogP contribution >= 0.6 is 0 Å². The van der Waals surface area contributed by atoms with Crippen molar-refractivity contribution in [1.29, 1.82) is 0 Å². The summed E-state index contributed by atoms with van der Waals surface area (Å²) < 4.78 is 56.5. The number of hydrogen-bond donors (Lipinski definition) is 1. The highest BCUT2D eigenvalue weighted by atomic mass is 32.2. The number of nitrogens with zero attached hydrogens (tertiary/aromatic N) is 2. The predicted molar refractivity (Wildman–Crippen MR) is 145 cm³/mol.